The Hall–Kier alpha value is 0.690. The Balaban J connectivity index is 2.99. The van der Waals surface area contributed by atoms with Crippen molar-refractivity contribution in [2.75, 3.05) is 4.43 Å². The van der Waals surface area contributed by atoms with E-state index in [1.54, 1.807) is 0 Å². The normalized spacial score (nSPS) is 12.0. The fourth-order valence-electron chi connectivity index (χ4n) is 1.71. The van der Waals surface area contributed by atoms with Gasteiger partial charge in [-0.3, -0.25) is 0 Å². The standard InChI is InChI=1S/C13H27IO/c1-13(2,15)11-9-7-5-3-4-6-8-10-12-14/h15H,3-12H2,1-2H3. The summed E-state index contributed by atoms with van der Waals surface area (Å²) in [5.74, 6) is 0. The molecule has 0 heterocycles. The molecule has 0 aromatic heterocycles. The lowest BCUT2D eigenvalue weighted by atomic mass is 9.99. The number of rotatable bonds is 10. The van der Waals surface area contributed by atoms with Crippen molar-refractivity contribution in [3.05, 3.63) is 0 Å². The van der Waals surface area contributed by atoms with Gasteiger partial charge in [0, 0.05) is 0 Å². The Morgan fingerprint density at radius 1 is 0.800 bits per heavy atom. The summed E-state index contributed by atoms with van der Waals surface area (Å²) in [7, 11) is 0. The van der Waals surface area contributed by atoms with E-state index >= 15 is 0 Å². The van der Waals surface area contributed by atoms with Crippen LogP contribution < -0.4 is 0 Å². The summed E-state index contributed by atoms with van der Waals surface area (Å²) in [5.41, 5.74) is -0.458. The van der Waals surface area contributed by atoms with Gasteiger partial charge in [0.05, 0.1) is 5.60 Å². The van der Waals surface area contributed by atoms with E-state index in [0.29, 0.717) is 0 Å². The van der Waals surface area contributed by atoms with E-state index in [1.807, 2.05) is 13.8 Å². The quantitative estimate of drug-likeness (QED) is 0.350. The highest BCUT2D eigenvalue weighted by Crippen LogP contribution is 2.15. The lowest BCUT2D eigenvalue weighted by Crippen LogP contribution is -2.17. The van der Waals surface area contributed by atoms with Crippen LogP contribution in [0.2, 0.25) is 0 Å². The van der Waals surface area contributed by atoms with Gasteiger partial charge in [-0.1, -0.05) is 67.5 Å². The first-order valence-corrected chi connectivity index (χ1v) is 7.87. The van der Waals surface area contributed by atoms with Gasteiger partial charge in [-0.2, -0.15) is 0 Å². The maximum Gasteiger partial charge on any atom is 0.0591 e. The van der Waals surface area contributed by atoms with Gasteiger partial charge >= 0.3 is 0 Å². The van der Waals surface area contributed by atoms with Gasteiger partial charge in [0.1, 0.15) is 0 Å². The second-order valence-electron chi connectivity index (χ2n) is 5.08. The molecular weight excluding hydrogens is 299 g/mol. The van der Waals surface area contributed by atoms with Crippen LogP contribution in [-0.4, -0.2) is 15.1 Å². The lowest BCUT2D eigenvalue weighted by Gasteiger charge is -2.16. The maximum absolute atomic E-state index is 9.52. The number of hydrogen-bond donors (Lipinski definition) is 1. The Morgan fingerprint density at radius 2 is 1.20 bits per heavy atom. The summed E-state index contributed by atoms with van der Waals surface area (Å²) in [6, 6.07) is 0. The van der Waals surface area contributed by atoms with Crippen molar-refractivity contribution < 1.29 is 5.11 Å². The zero-order valence-corrected chi connectivity index (χ0v) is 12.6. The fourth-order valence-corrected chi connectivity index (χ4v) is 2.25. The smallest absolute Gasteiger partial charge is 0.0591 e. The maximum atomic E-state index is 9.52. The second-order valence-corrected chi connectivity index (χ2v) is 6.16. The summed E-state index contributed by atoms with van der Waals surface area (Å²) in [6.07, 6.45) is 11.8. The van der Waals surface area contributed by atoms with Crippen molar-refractivity contribution in [1.82, 2.24) is 0 Å². The van der Waals surface area contributed by atoms with Crippen LogP contribution in [0, 0.1) is 0 Å². The topological polar surface area (TPSA) is 20.2 Å². The average molecular weight is 326 g/mol. The van der Waals surface area contributed by atoms with Gasteiger partial charge in [0.25, 0.3) is 0 Å². The summed E-state index contributed by atoms with van der Waals surface area (Å²) in [4.78, 5) is 0. The summed E-state index contributed by atoms with van der Waals surface area (Å²) in [5, 5.41) is 9.52. The molecule has 0 unspecified atom stereocenters. The monoisotopic (exact) mass is 326 g/mol. The molecule has 15 heavy (non-hydrogen) atoms. The van der Waals surface area contributed by atoms with Crippen LogP contribution in [0.15, 0.2) is 0 Å². The molecule has 0 saturated carbocycles. The zero-order valence-electron chi connectivity index (χ0n) is 10.4. The Morgan fingerprint density at radius 3 is 1.60 bits per heavy atom. The molecule has 0 bridgehead atoms. The van der Waals surface area contributed by atoms with E-state index < -0.39 is 5.60 Å². The predicted octanol–water partition coefficient (Wildman–Crippen LogP) is 4.70. The van der Waals surface area contributed by atoms with Crippen molar-refractivity contribution in [2.24, 2.45) is 0 Å². The van der Waals surface area contributed by atoms with Gasteiger partial charge in [0.2, 0.25) is 0 Å². The van der Waals surface area contributed by atoms with E-state index in [2.05, 4.69) is 22.6 Å². The van der Waals surface area contributed by atoms with Gasteiger partial charge in [-0.25, -0.2) is 0 Å². The van der Waals surface area contributed by atoms with Crippen LogP contribution in [0.3, 0.4) is 0 Å². The summed E-state index contributed by atoms with van der Waals surface area (Å²) >= 11 is 2.45. The van der Waals surface area contributed by atoms with Crippen LogP contribution in [0.5, 0.6) is 0 Å². The predicted molar refractivity (Wildman–Crippen MR) is 76.7 cm³/mol. The van der Waals surface area contributed by atoms with Gasteiger partial charge < -0.3 is 5.11 Å². The average Bonchev–Trinajstić information content (AvgIpc) is 2.14. The van der Waals surface area contributed by atoms with Gasteiger partial charge in [0.15, 0.2) is 0 Å². The molecule has 0 saturated heterocycles. The summed E-state index contributed by atoms with van der Waals surface area (Å²) in [6.45, 7) is 3.80. The van der Waals surface area contributed by atoms with E-state index in [9.17, 15) is 5.11 Å². The van der Waals surface area contributed by atoms with E-state index in [0.717, 1.165) is 6.42 Å². The molecule has 0 radical (unpaired) electrons. The number of alkyl halides is 1. The third-order valence-corrected chi connectivity index (χ3v) is 3.44. The first-order valence-electron chi connectivity index (χ1n) is 6.34. The highest BCUT2D eigenvalue weighted by molar-refractivity contribution is 14.1. The first-order chi connectivity index (χ1) is 7.06. The molecule has 0 fully saturated rings. The van der Waals surface area contributed by atoms with Gasteiger partial charge in [-0.05, 0) is 31.1 Å². The van der Waals surface area contributed by atoms with Crippen molar-refractivity contribution in [3.63, 3.8) is 0 Å². The Labute approximate surface area is 109 Å². The molecule has 0 amide bonds. The number of halogens is 1. The minimum atomic E-state index is -0.458. The van der Waals surface area contributed by atoms with E-state index in [4.69, 9.17) is 0 Å². The van der Waals surface area contributed by atoms with Crippen molar-refractivity contribution in [1.29, 1.82) is 0 Å². The number of aliphatic hydroxyl groups is 1. The minimum Gasteiger partial charge on any atom is -0.390 e. The second kappa shape index (κ2) is 9.88. The van der Waals surface area contributed by atoms with Crippen LogP contribution >= 0.6 is 22.6 Å². The third-order valence-electron chi connectivity index (χ3n) is 2.67. The Bertz CT molecular complexity index is 129. The molecule has 0 aliphatic carbocycles. The number of hydrogen-bond acceptors (Lipinski definition) is 1. The van der Waals surface area contributed by atoms with Gasteiger partial charge in [-0.15, -0.1) is 0 Å². The fraction of sp³-hybridized carbons (Fsp3) is 1.00. The highest BCUT2D eigenvalue weighted by Gasteiger charge is 2.10. The minimum absolute atomic E-state index is 0.458. The van der Waals surface area contributed by atoms with Crippen molar-refractivity contribution >= 4 is 22.6 Å². The molecule has 0 aliphatic rings. The molecule has 2 heteroatoms. The third kappa shape index (κ3) is 14.7. The molecule has 92 valence electrons. The molecule has 0 aromatic rings. The largest absolute Gasteiger partial charge is 0.390 e. The molecule has 0 atom stereocenters. The Kier molecular flexibility index (Phi) is 10.3. The lowest BCUT2D eigenvalue weighted by molar-refractivity contribution is 0.0680. The molecule has 0 aromatic carbocycles. The van der Waals surface area contributed by atoms with Crippen LogP contribution in [0.4, 0.5) is 0 Å². The zero-order chi connectivity index (χ0) is 11.6. The van der Waals surface area contributed by atoms with Crippen LogP contribution in [-0.2, 0) is 0 Å². The van der Waals surface area contributed by atoms with Crippen LogP contribution in [0.25, 0.3) is 0 Å². The number of unbranched alkanes of at least 4 members (excludes halogenated alkanes) is 7. The molecular formula is C13H27IO. The van der Waals surface area contributed by atoms with Crippen molar-refractivity contribution in [3.8, 4) is 0 Å². The molecule has 0 spiro atoms. The van der Waals surface area contributed by atoms with Crippen molar-refractivity contribution in [2.45, 2.75) is 77.2 Å². The molecule has 0 rings (SSSR count). The molecule has 0 aliphatic heterocycles. The first kappa shape index (κ1) is 15.7. The molecule has 1 N–H and O–H groups in total. The molecule has 1 nitrogen and oxygen atoms in total. The SMILES string of the molecule is CC(C)(O)CCCCCCCCCCI. The van der Waals surface area contributed by atoms with E-state index in [-0.39, 0.29) is 0 Å². The van der Waals surface area contributed by atoms with E-state index in [1.165, 1.54) is 55.8 Å². The summed E-state index contributed by atoms with van der Waals surface area (Å²) < 4.78 is 1.31. The van der Waals surface area contributed by atoms with Crippen LogP contribution in [0.1, 0.15) is 71.6 Å². The highest BCUT2D eigenvalue weighted by atomic mass is 127.